The van der Waals surface area contributed by atoms with Gasteiger partial charge in [0.05, 0.1) is 12.7 Å². The molecule has 60 valence electrons. The molecule has 12 heavy (non-hydrogen) atoms. The highest BCUT2D eigenvalue weighted by Crippen LogP contribution is 2.08. The van der Waals surface area contributed by atoms with Crippen molar-refractivity contribution in [1.29, 1.82) is 0 Å². The number of fused-ring (bicyclic) bond motifs is 1. The van der Waals surface area contributed by atoms with Crippen LogP contribution in [0.15, 0.2) is 24.7 Å². The number of carbonyl (C=O) groups is 1. The molecule has 0 radical (unpaired) electrons. The summed E-state index contributed by atoms with van der Waals surface area (Å²) in [4.78, 5) is 14.1. The molecular weight excluding hydrogens is 154 g/mol. The van der Waals surface area contributed by atoms with E-state index in [0.29, 0.717) is 6.54 Å². The maximum Gasteiger partial charge on any atom is 0.141 e. The molecule has 0 saturated carbocycles. The Kier molecular flexibility index (Phi) is 1.59. The summed E-state index contributed by atoms with van der Waals surface area (Å²) in [6, 6.07) is 1.86. The summed E-state index contributed by atoms with van der Waals surface area (Å²) in [5.41, 5.74) is 0.819. The second-order valence-corrected chi connectivity index (χ2v) is 2.45. The Morgan fingerprint density at radius 1 is 1.58 bits per heavy atom. The first-order valence-electron chi connectivity index (χ1n) is 3.61. The lowest BCUT2D eigenvalue weighted by Gasteiger charge is -1.87. The highest BCUT2D eigenvalue weighted by Gasteiger charge is 1.97. The van der Waals surface area contributed by atoms with Crippen molar-refractivity contribution in [2.75, 3.05) is 0 Å². The molecule has 2 heterocycles. The van der Waals surface area contributed by atoms with Gasteiger partial charge in [0, 0.05) is 17.8 Å². The Hall–Kier alpha value is -1.71. The first-order chi connectivity index (χ1) is 5.90. The van der Waals surface area contributed by atoms with Crippen LogP contribution in [0.1, 0.15) is 0 Å². The minimum absolute atomic E-state index is 0.300. The SMILES string of the molecule is O=CCn1cc2ccncc2n1. The zero-order valence-corrected chi connectivity index (χ0v) is 6.34. The van der Waals surface area contributed by atoms with Gasteiger partial charge in [0.2, 0.25) is 0 Å². The fourth-order valence-electron chi connectivity index (χ4n) is 1.09. The van der Waals surface area contributed by atoms with Gasteiger partial charge in [-0.3, -0.25) is 9.67 Å². The van der Waals surface area contributed by atoms with Crippen LogP contribution >= 0.6 is 0 Å². The summed E-state index contributed by atoms with van der Waals surface area (Å²) in [6.45, 7) is 0.300. The van der Waals surface area contributed by atoms with Crippen molar-refractivity contribution in [3.8, 4) is 0 Å². The third-order valence-corrected chi connectivity index (χ3v) is 1.62. The molecule has 0 fully saturated rings. The fraction of sp³-hybridized carbons (Fsp3) is 0.125. The van der Waals surface area contributed by atoms with Crippen molar-refractivity contribution in [1.82, 2.24) is 14.8 Å². The Morgan fingerprint density at radius 3 is 3.25 bits per heavy atom. The number of carbonyl (C=O) groups excluding carboxylic acids is 1. The van der Waals surface area contributed by atoms with E-state index in [1.165, 1.54) is 0 Å². The van der Waals surface area contributed by atoms with E-state index in [9.17, 15) is 4.79 Å². The monoisotopic (exact) mass is 161 g/mol. The van der Waals surface area contributed by atoms with E-state index in [1.54, 1.807) is 17.1 Å². The normalized spacial score (nSPS) is 10.3. The van der Waals surface area contributed by atoms with Gasteiger partial charge in [0.25, 0.3) is 0 Å². The van der Waals surface area contributed by atoms with Crippen LogP contribution in [0.5, 0.6) is 0 Å². The Bertz CT molecular complexity index is 374. The number of nitrogens with zero attached hydrogens (tertiary/aromatic N) is 3. The van der Waals surface area contributed by atoms with Gasteiger partial charge in [-0.1, -0.05) is 0 Å². The van der Waals surface area contributed by atoms with Crippen molar-refractivity contribution in [3.63, 3.8) is 0 Å². The average molecular weight is 161 g/mol. The molecule has 0 aliphatic rings. The van der Waals surface area contributed by atoms with E-state index in [-0.39, 0.29) is 0 Å². The van der Waals surface area contributed by atoms with Crippen molar-refractivity contribution < 1.29 is 4.79 Å². The number of hydrogen-bond donors (Lipinski definition) is 0. The highest BCUT2D eigenvalue weighted by molar-refractivity contribution is 5.76. The van der Waals surface area contributed by atoms with Gasteiger partial charge in [0.1, 0.15) is 11.8 Å². The number of pyridine rings is 1. The first kappa shape index (κ1) is 6.97. The van der Waals surface area contributed by atoms with E-state index in [4.69, 9.17) is 0 Å². The van der Waals surface area contributed by atoms with Gasteiger partial charge in [-0.15, -0.1) is 0 Å². The molecule has 0 bridgehead atoms. The van der Waals surface area contributed by atoms with Gasteiger partial charge in [-0.05, 0) is 6.07 Å². The summed E-state index contributed by atoms with van der Waals surface area (Å²) < 4.78 is 1.60. The molecule has 0 aromatic carbocycles. The lowest BCUT2D eigenvalue weighted by Crippen LogP contribution is -1.97. The van der Waals surface area contributed by atoms with Crippen LogP contribution in [0.4, 0.5) is 0 Å². The predicted molar refractivity (Wildman–Crippen MR) is 43.6 cm³/mol. The average Bonchev–Trinajstić information content (AvgIpc) is 2.47. The molecule has 0 N–H and O–H groups in total. The van der Waals surface area contributed by atoms with E-state index < -0.39 is 0 Å². The molecule has 0 atom stereocenters. The molecule has 4 nitrogen and oxygen atoms in total. The zero-order chi connectivity index (χ0) is 8.39. The van der Waals surface area contributed by atoms with Crippen LogP contribution in [-0.4, -0.2) is 21.1 Å². The van der Waals surface area contributed by atoms with Gasteiger partial charge >= 0.3 is 0 Å². The molecule has 0 saturated heterocycles. The number of hydrogen-bond acceptors (Lipinski definition) is 3. The molecule has 0 amide bonds. The molecule has 0 unspecified atom stereocenters. The second-order valence-electron chi connectivity index (χ2n) is 2.45. The number of aldehydes is 1. The van der Waals surface area contributed by atoms with E-state index in [2.05, 4.69) is 10.1 Å². The van der Waals surface area contributed by atoms with E-state index in [1.807, 2.05) is 12.3 Å². The lowest BCUT2D eigenvalue weighted by atomic mass is 10.3. The third kappa shape index (κ3) is 1.07. The Labute approximate surface area is 68.8 Å². The Morgan fingerprint density at radius 2 is 2.50 bits per heavy atom. The third-order valence-electron chi connectivity index (χ3n) is 1.62. The topological polar surface area (TPSA) is 47.8 Å². The molecular formula is C8H7N3O. The summed E-state index contributed by atoms with van der Waals surface area (Å²) in [7, 11) is 0. The predicted octanol–water partition coefficient (Wildman–Crippen LogP) is 0.630. The summed E-state index contributed by atoms with van der Waals surface area (Å²) in [6.07, 6.45) is 6.02. The largest absolute Gasteiger partial charge is 0.301 e. The summed E-state index contributed by atoms with van der Waals surface area (Å²) in [5.74, 6) is 0. The Balaban J connectivity index is 2.54. The van der Waals surface area contributed by atoms with Gasteiger partial charge < -0.3 is 4.79 Å². The lowest BCUT2D eigenvalue weighted by molar-refractivity contribution is -0.108. The van der Waals surface area contributed by atoms with Crippen LogP contribution in [0.25, 0.3) is 10.9 Å². The van der Waals surface area contributed by atoms with Crippen LogP contribution < -0.4 is 0 Å². The van der Waals surface area contributed by atoms with Crippen LogP contribution in [0, 0.1) is 0 Å². The zero-order valence-electron chi connectivity index (χ0n) is 6.34. The number of aromatic nitrogens is 3. The quantitative estimate of drug-likeness (QED) is 0.607. The van der Waals surface area contributed by atoms with Crippen molar-refractivity contribution >= 4 is 17.2 Å². The molecule has 4 heteroatoms. The molecule has 2 rings (SSSR count). The van der Waals surface area contributed by atoms with Crippen LogP contribution in [-0.2, 0) is 11.3 Å². The fourth-order valence-corrected chi connectivity index (χ4v) is 1.09. The van der Waals surface area contributed by atoms with Crippen LogP contribution in [0.2, 0.25) is 0 Å². The van der Waals surface area contributed by atoms with Crippen LogP contribution in [0.3, 0.4) is 0 Å². The maximum absolute atomic E-state index is 10.2. The maximum atomic E-state index is 10.2. The van der Waals surface area contributed by atoms with Gasteiger partial charge in [0.15, 0.2) is 0 Å². The molecule has 0 aliphatic heterocycles. The van der Waals surface area contributed by atoms with E-state index in [0.717, 1.165) is 17.2 Å². The van der Waals surface area contributed by atoms with Crippen molar-refractivity contribution in [3.05, 3.63) is 24.7 Å². The van der Waals surface area contributed by atoms with Gasteiger partial charge in [-0.25, -0.2) is 0 Å². The summed E-state index contributed by atoms with van der Waals surface area (Å²) in [5, 5.41) is 5.13. The molecule has 2 aromatic heterocycles. The second kappa shape index (κ2) is 2.73. The molecule has 0 aliphatic carbocycles. The molecule has 0 spiro atoms. The first-order valence-corrected chi connectivity index (χ1v) is 3.61. The van der Waals surface area contributed by atoms with Crippen molar-refractivity contribution in [2.45, 2.75) is 6.54 Å². The molecule has 2 aromatic rings. The van der Waals surface area contributed by atoms with Gasteiger partial charge in [-0.2, -0.15) is 5.10 Å². The highest BCUT2D eigenvalue weighted by atomic mass is 16.1. The minimum atomic E-state index is 0.300. The summed E-state index contributed by atoms with van der Waals surface area (Å²) >= 11 is 0. The minimum Gasteiger partial charge on any atom is -0.301 e. The standard InChI is InChI=1S/C8H7N3O/c12-4-3-11-6-7-1-2-9-5-8(7)10-11/h1-2,4-6H,3H2. The van der Waals surface area contributed by atoms with E-state index >= 15 is 0 Å². The smallest absolute Gasteiger partial charge is 0.141 e. The number of rotatable bonds is 2. The van der Waals surface area contributed by atoms with Crippen molar-refractivity contribution in [2.24, 2.45) is 0 Å².